The molecule has 1 rings (SSSR count). The first kappa shape index (κ1) is 4.85. The van der Waals surface area contributed by atoms with E-state index in [0.29, 0.717) is 5.28 Å². The molecule has 0 spiro atoms. The number of rotatable bonds is 0. The van der Waals surface area contributed by atoms with E-state index in [0.717, 1.165) is 6.20 Å². The van der Waals surface area contributed by atoms with Crippen LogP contribution in [0.3, 0.4) is 0 Å². The van der Waals surface area contributed by atoms with Crippen LogP contribution in [0.1, 0.15) is 0 Å². The third-order valence-corrected chi connectivity index (χ3v) is 0.541. The van der Waals surface area contributed by atoms with Crippen molar-refractivity contribution in [1.29, 1.82) is 0 Å². The van der Waals surface area contributed by atoms with Crippen LogP contribution in [0.15, 0.2) is 22.4 Å². The van der Waals surface area contributed by atoms with Crippen molar-refractivity contribution < 1.29 is 10.3 Å². The second-order valence-electron chi connectivity index (χ2n) is 1.11. The highest BCUT2D eigenvalue weighted by Crippen LogP contribution is 1.95. The first-order chi connectivity index (χ1) is 3.79. The molecular formula is C2H4N4O2. The number of aliphatic hydroxyl groups excluding tert-OH is 1. The largest absolute Gasteiger partial charge is 0.491 e. The molecule has 0 aromatic heterocycles. The number of hydrogen-bond donors (Lipinski definition) is 3. The average molecular weight is 116 g/mol. The standard InChI is InChI=1S/C2H4N4O2/c7-2-1-3-6(8)5-4-2/h1,3,7-8H. The van der Waals surface area contributed by atoms with Gasteiger partial charge in [0, 0.05) is 0 Å². The van der Waals surface area contributed by atoms with Crippen LogP contribution in [0.4, 0.5) is 0 Å². The van der Waals surface area contributed by atoms with E-state index in [1.165, 1.54) is 0 Å². The lowest BCUT2D eigenvalue weighted by atomic mass is 10.8. The molecule has 6 nitrogen and oxygen atoms in total. The molecule has 0 amide bonds. The van der Waals surface area contributed by atoms with E-state index < -0.39 is 0 Å². The average Bonchev–Trinajstić information content (AvgIpc) is 1.77. The van der Waals surface area contributed by atoms with Crippen molar-refractivity contribution in [3.05, 3.63) is 12.1 Å². The van der Waals surface area contributed by atoms with Gasteiger partial charge in [0.2, 0.25) is 0 Å². The summed E-state index contributed by atoms with van der Waals surface area (Å²) in [4.78, 5) is 0. The number of nitrogens with zero attached hydrogens (tertiary/aromatic N) is 3. The maximum atomic E-state index is 8.43. The Labute approximate surface area is 44.6 Å². The summed E-state index contributed by atoms with van der Waals surface area (Å²) in [5.74, 6) is -0.268. The first-order valence-electron chi connectivity index (χ1n) is 1.85. The van der Waals surface area contributed by atoms with Gasteiger partial charge >= 0.3 is 0 Å². The molecule has 0 saturated carbocycles. The summed E-state index contributed by atoms with van der Waals surface area (Å²) in [5, 5.41) is 23.2. The van der Waals surface area contributed by atoms with Crippen molar-refractivity contribution >= 4 is 0 Å². The summed E-state index contributed by atoms with van der Waals surface area (Å²) in [7, 11) is 0. The Hall–Kier alpha value is -1.30. The van der Waals surface area contributed by atoms with Crippen molar-refractivity contribution in [1.82, 2.24) is 10.7 Å². The zero-order chi connectivity index (χ0) is 5.98. The molecule has 1 aliphatic rings. The summed E-state index contributed by atoms with van der Waals surface area (Å²) in [5.41, 5.74) is 2.15. The van der Waals surface area contributed by atoms with Crippen LogP contribution in [0.25, 0.3) is 0 Å². The van der Waals surface area contributed by atoms with E-state index in [2.05, 4.69) is 15.8 Å². The van der Waals surface area contributed by atoms with Crippen LogP contribution in [0, 0.1) is 0 Å². The molecule has 0 aliphatic carbocycles. The third-order valence-electron chi connectivity index (χ3n) is 0.541. The SMILES string of the molecule is OC1=CNN(O)N=N1. The van der Waals surface area contributed by atoms with Crippen molar-refractivity contribution in [3.8, 4) is 0 Å². The minimum absolute atomic E-state index is 0.268. The van der Waals surface area contributed by atoms with Gasteiger partial charge in [0.1, 0.15) is 0 Å². The summed E-state index contributed by atoms with van der Waals surface area (Å²) in [6.07, 6.45) is 1.09. The van der Waals surface area contributed by atoms with Gasteiger partial charge in [0.25, 0.3) is 5.88 Å². The molecule has 1 aliphatic heterocycles. The van der Waals surface area contributed by atoms with Gasteiger partial charge < -0.3 is 5.11 Å². The highest BCUT2D eigenvalue weighted by Gasteiger charge is 1.98. The zero-order valence-corrected chi connectivity index (χ0v) is 3.81. The van der Waals surface area contributed by atoms with E-state index in [1.54, 1.807) is 0 Å². The smallest absolute Gasteiger partial charge is 0.250 e. The van der Waals surface area contributed by atoms with Crippen molar-refractivity contribution in [2.45, 2.75) is 0 Å². The lowest BCUT2D eigenvalue weighted by molar-refractivity contribution is -0.136. The Balaban J connectivity index is 2.58. The zero-order valence-electron chi connectivity index (χ0n) is 3.81. The van der Waals surface area contributed by atoms with Gasteiger partial charge in [0.15, 0.2) is 0 Å². The number of aliphatic hydroxyl groups is 1. The normalized spacial score (nSPS) is 17.6. The van der Waals surface area contributed by atoms with Gasteiger partial charge in [-0.1, -0.05) is 10.4 Å². The fourth-order valence-electron chi connectivity index (χ4n) is 0.258. The van der Waals surface area contributed by atoms with E-state index in [4.69, 9.17) is 10.3 Å². The summed E-state index contributed by atoms with van der Waals surface area (Å²) in [6.45, 7) is 0. The second-order valence-corrected chi connectivity index (χ2v) is 1.11. The van der Waals surface area contributed by atoms with Crippen molar-refractivity contribution in [2.75, 3.05) is 0 Å². The molecule has 0 fully saturated rings. The van der Waals surface area contributed by atoms with Crippen LogP contribution in [-0.2, 0) is 0 Å². The van der Waals surface area contributed by atoms with Gasteiger partial charge in [-0.2, -0.15) is 0 Å². The number of nitrogens with one attached hydrogen (secondary N) is 1. The highest BCUT2D eigenvalue weighted by molar-refractivity contribution is 4.84. The van der Waals surface area contributed by atoms with Gasteiger partial charge in [-0.25, -0.2) is 0 Å². The first-order valence-corrected chi connectivity index (χ1v) is 1.85. The van der Waals surface area contributed by atoms with Gasteiger partial charge in [0.05, 0.1) is 6.20 Å². The Morgan fingerprint density at radius 2 is 2.50 bits per heavy atom. The third kappa shape index (κ3) is 0.850. The van der Waals surface area contributed by atoms with Gasteiger partial charge in [-0.15, -0.1) is 0 Å². The molecule has 0 aromatic carbocycles. The van der Waals surface area contributed by atoms with E-state index >= 15 is 0 Å². The fraction of sp³-hybridized carbons (Fsp3) is 0. The fourth-order valence-corrected chi connectivity index (χ4v) is 0.258. The molecule has 0 bridgehead atoms. The maximum absolute atomic E-state index is 8.43. The summed E-state index contributed by atoms with van der Waals surface area (Å²) >= 11 is 0. The number of hydrazine groups is 1. The summed E-state index contributed by atoms with van der Waals surface area (Å²) < 4.78 is 0. The molecule has 0 saturated heterocycles. The Morgan fingerprint density at radius 3 is 2.88 bits per heavy atom. The molecule has 6 heteroatoms. The lowest BCUT2D eigenvalue weighted by Crippen LogP contribution is -2.27. The predicted molar refractivity (Wildman–Crippen MR) is 22.3 cm³/mol. The Kier molecular flexibility index (Phi) is 1.01. The van der Waals surface area contributed by atoms with Crippen LogP contribution in [0.5, 0.6) is 0 Å². The molecule has 8 heavy (non-hydrogen) atoms. The quantitative estimate of drug-likeness (QED) is 0.413. The molecule has 0 aromatic rings. The van der Waals surface area contributed by atoms with Gasteiger partial charge in [-0.05, 0) is 5.22 Å². The minimum atomic E-state index is -0.268. The maximum Gasteiger partial charge on any atom is 0.250 e. The topological polar surface area (TPSA) is 80.5 Å². The second kappa shape index (κ2) is 1.66. The molecule has 44 valence electrons. The van der Waals surface area contributed by atoms with Crippen molar-refractivity contribution in [3.63, 3.8) is 0 Å². The molecule has 0 unspecified atom stereocenters. The van der Waals surface area contributed by atoms with Crippen LogP contribution >= 0.6 is 0 Å². The molecule has 0 atom stereocenters. The minimum Gasteiger partial charge on any atom is -0.491 e. The van der Waals surface area contributed by atoms with Gasteiger partial charge in [-0.3, -0.25) is 10.6 Å². The van der Waals surface area contributed by atoms with Crippen LogP contribution < -0.4 is 5.43 Å². The lowest BCUT2D eigenvalue weighted by Gasteiger charge is -2.09. The van der Waals surface area contributed by atoms with Crippen LogP contribution in [0.2, 0.25) is 0 Å². The van der Waals surface area contributed by atoms with E-state index in [-0.39, 0.29) is 5.88 Å². The summed E-state index contributed by atoms with van der Waals surface area (Å²) in [6, 6.07) is 0. The highest BCUT2D eigenvalue weighted by atomic mass is 16.6. The molecule has 1 heterocycles. The molecule has 0 radical (unpaired) electrons. The monoisotopic (exact) mass is 116 g/mol. The predicted octanol–water partition coefficient (Wildman–Crippen LogP) is -0.0801. The van der Waals surface area contributed by atoms with E-state index in [9.17, 15) is 0 Å². The number of hydrogen-bond acceptors (Lipinski definition) is 6. The Morgan fingerprint density at radius 1 is 1.75 bits per heavy atom. The molecule has 3 N–H and O–H groups in total. The van der Waals surface area contributed by atoms with Crippen molar-refractivity contribution in [2.24, 2.45) is 10.3 Å². The Bertz CT molecular complexity index is 141. The molecular weight excluding hydrogens is 112 g/mol. The van der Waals surface area contributed by atoms with Crippen LogP contribution in [-0.4, -0.2) is 15.6 Å². The van der Waals surface area contributed by atoms with E-state index in [1.807, 2.05) is 0 Å².